The van der Waals surface area contributed by atoms with Gasteiger partial charge in [-0.25, -0.2) is 9.97 Å². The van der Waals surface area contributed by atoms with E-state index in [1.54, 1.807) is 0 Å². The van der Waals surface area contributed by atoms with Gasteiger partial charge >= 0.3 is 5.69 Å². The Hall–Kier alpha value is -1.47. The number of hydrogen-bond acceptors (Lipinski definition) is 6. The molecule has 0 amide bonds. The molecule has 2 unspecified atom stereocenters. The van der Waals surface area contributed by atoms with Crippen LogP contribution in [0.3, 0.4) is 0 Å². The fraction of sp³-hybridized carbons (Fsp3) is 0.636. The zero-order valence-electron chi connectivity index (χ0n) is 11.1. The molecule has 0 bridgehead atoms. The highest BCUT2D eigenvalue weighted by molar-refractivity contribution is 6.31. The van der Waals surface area contributed by atoms with Gasteiger partial charge in [-0.2, -0.15) is 0 Å². The Balaban J connectivity index is 2.37. The van der Waals surface area contributed by atoms with Crippen LogP contribution >= 0.6 is 11.6 Å². The van der Waals surface area contributed by atoms with Gasteiger partial charge in [0.05, 0.1) is 4.92 Å². The molecule has 2 heterocycles. The van der Waals surface area contributed by atoms with Crippen LogP contribution in [0.15, 0.2) is 6.33 Å². The van der Waals surface area contributed by atoms with E-state index in [4.69, 9.17) is 11.6 Å². The number of nitrogens with zero attached hydrogens (tertiary/aromatic N) is 5. The van der Waals surface area contributed by atoms with Crippen molar-refractivity contribution in [2.24, 2.45) is 0 Å². The molecular weight excluding hydrogens is 270 g/mol. The molecular formula is C11H16ClN5O2. The summed E-state index contributed by atoms with van der Waals surface area (Å²) in [5.74, 6) is 0.303. The lowest BCUT2D eigenvalue weighted by atomic mass is 10.1. The van der Waals surface area contributed by atoms with Gasteiger partial charge in [-0.1, -0.05) is 11.6 Å². The minimum absolute atomic E-state index is 0.116. The highest BCUT2D eigenvalue weighted by atomic mass is 35.5. The molecule has 1 aromatic rings. The first-order valence-corrected chi connectivity index (χ1v) is 6.41. The molecule has 0 spiro atoms. The average molecular weight is 286 g/mol. The fourth-order valence-electron chi connectivity index (χ4n) is 2.31. The number of aromatic nitrogens is 2. The maximum atomic E-state index is 11.1. The molecule has 7 nitrogen and oxygen atoms in total. The van der Waals surface area contributed by atoms with Gasteiger partial charge in [0.15, 0.2) is 0 Å². The van der Waals surface area contributed by atoms with Crippen LogP contribution in [0.25, 0.3) is 0 Å². The van der Waals surface area contributed by atoms with E-state index >= 15 is 0 Å². The van der Waals surface area contributed by atoms with Crippen molar-refractivity contribution in [1.29, 1.82) is 0 Å². The highest BCUT2D eigenvalue weighted by Crippen LogP contribution is 2.32. The lowest BCUT2D eigenvalue weighted by molar-refractivity contribution is -0.384. The predicted octanol–water partition coefficient (Wildman–Crippen LogP) is 1.57. The zero-order valence-corrected chi connectivity index (χ0v) is 11.8. The molecule has 1 aromatic heterocycles. The summed E-state index contributed by atoms with van der Waals surface area (Å²) < 4.78 is 0. The van der Waals surface area contributed by atoms with Gasteiger partial charge < -0.3 is 4.90 Å². The topological polar surface area (TPSA) is 75.4 Å². The van der Waals surface area contributed by atoms with E-state index in [9.17, 15) is 10.1 Å². The molecule has 1 aliphatic heterocycles. The Bertz CT molecular complexity index is 486. The van der Waals surface area contributed by atoms with Gasteiger partial charge in [0.1, 0.15) is 6.33 Å². The SMILES string of the molecule is CC1CN(c2ncnc(Cl)c2[N+](=O)[O-])CC(C)N1C. The lowest BCUT2D eigenvalue weighted by Gasteiger charge is -2.42. The van der Waals surface area contributed by atoms with Crippen LogP contribution in [0.1, 0.15) is 13.8 Å². The van der Waals surface area contributed by atoms with E-state index in [0.29, 0.717) is 18.9 Å². The fourth-order valence-corrected chi connectivity index (χ4v) is 2.51. The Morgan fingerprint density at radius 3 is 2.47 bits per heavy atom. The molecule has 1 fully saturated rings. The molecule has 104 valence electrons. The van der Waals surface area contributed by atoms with Crippen LogP contribution in [0, 0.1) is 10.1 Å². The van der Waals surface area contributed by atoms with Crippen LogP contribution < -0.4 is 4.90 Å². The monoisotopic (exact) mass is 285 g/mol. The number of hydrogen-bond donors (Lipinski definition) is 0. The number of piperazine rings is 1. The van der Waals surface area contributed by atoms with Crippen molar-refractivity contribution in [3.05, 3.63) is 21.6 Å². The van der Waals surface area contributed by atoms with E-state index in [2.05, 4.69) is 28.7 Å². The first-order chi connectivity index (χ1) is 8.91. The number of nitro groups is 1. The minimum atomic E-state index is -0.522. The highest BCUT2D eigenvalue weighted by Gasteiger charge is 2.32. The third-order valence-electron chi connectivity index (χ3n) is 3.60. The summed E-state index contributed by atoms with van der Waals surface area (Å²) in [5.41, 5.74) is -0.215. The second-order valence-electron chi connectivity index (χ2n) is 4.86. The first kappa shape index (κ1) is 14.0. The standard InChI is InChI=1S/C11H16ClN5O2/c1-7-4-16(5-8(2)15(7)3)11-9(17(18)19)10(12)13-6-14-11/h6-8H,4-5H2,1-3H3. The van der Waals surface area contributed by atoms with Crippen LogP contribution in [-0.4, -0.2) is 52.0 Å². The van der Waals surface area contributed by atoms with Gasteiger partial charge in [-0.15, -0.1) is 0 Å². The van der Waals surface area contributed by atoms with E-state index in [1.165, 1.54) is 6.33 Å². The van der Waals surface area contributed by atoms with Crippen LogP contribution in [0.4, 0.5) is 11.5 Å². The second kappa shape index (κ2) is 5.26. The van der Waals surface area contributed by atoms with E-state index in [1.807, 2.05) is 11.9 Å². The maximum Gasteiger partial charge on any atom is 0.348 e. The van der Waals surface area contributed by atoms with E-state index in [0.717, 1.165) is 0 Å². The molecule has 0 radical (unpaired) electrons. The van der Waals surface area contributed by atoms with Crippen LogP contribution in [-0.2, 0) is 0 Å². The predicted molar refractivity (Wildman–Crippen MR) is 72.6 cm³/mol. The van der Waals surface area contributed by atoms with Crippen molar-refractivity contribution in [3.63, 3.8) is 0 Å². The molecule has 19 heavy (non-hydrogen) atoms. The third kappa shape index (κ3) is 2.62. The zero-order chi connectivity index (χ0) is 14.2. The van der Waals surface area contributed by atoms with Gasteiger partial charge in [0.25, 0.3) is 0 Å². The minimum Gasteiger partial charge on any atom is -0.348 e. The normalized spacial score (nSPS) is 24.5. The molecule has 2 rings (SSSR count). The summed E-state index contributed by atoms with van der Waals surface area (Å²) >= 11 is 5.82. The van der Waals surface area contributed by atoms with E-state index < -0.39 is 4.92 Å². The molecule has 8 heteroatoms. The molecule has 0 N–H and O–H groups in total. The number of likely N-dealkylation sites (N-methyl/N-ethyl adjacent to an activating group) is 1. The van der Waals surface area contributed by atoms with Crippen LogP contribution in [0.2, 0.25) is 5.15 Å². The summed E-state index contributed by atoms with van der Waals surface area (Å²) in [4.78, 5) is 22.5. The third-order valence-corrected chi connectivity index (χ3v) is 3.88. The smallest absolute Gasteiger partial charge is 0.348 e. The molecule has 0 aromatic carbocycles. The summed E-state index contributed by atoms with van der Waals surface area (Å²) in [6, 6.07) is 0.578. The Labute approximate surface area is 116 Å². The largest absolute Gasteiger partial charge is 0.348 e. The second-order valence-corrected chi connectivity index (χ2v) is 5.22. The summed E-state index contributed by atoms with van der Waals surface area (Å²) in [6.07, 6.45) is 1.26. The van der Waals surface area contributed by atoms with Crippen molar-refractivity contribution >= 4 is 23.1 Å². The van der Waals surface area contributed by atoms with Crippen molar-refractivity contribution in [2.45, 2.75) is 25.9 Å². The number of rotatable bonds is 2. The van der Waals surface area contributed by atoms with Gasteiger partial charge in [0.2, 0.25) is 11.0 Å². The van der Waals surface area contributed by atoms with Crippen molar-refractivity contribution in [3.8, 4) is 0 Å². The van der Waals surface area contributed by atoms with Crippen LogP contribution in [0.5, 0.6) is 0 Å². The molecule has 0 aliphatic carbocycles. The van der Waals surface area contributed by atoms with E-state index in [-0.39, 0.29) is 22.9 Å². The Morgan fingerprint density at radius 2 is 1.95 bits per heavy atom. The van der Waals surface area contributed by atoms with Gasteiger partial charge in [-0.05, 0) is 20.9 Å². The molecule has 1 aliphatic rings. The lowest BCUT2D eigenvalue weighted by Crippen LogP contribution is -2.55. The first-order valence-electron chi connectivity index (χ1n) is 6.03. The van der Waals surface area contributed by atoms with Crippen molar-refractivity contribution in [1.82, 2.24) is 14.9 Å². The Morgan fingerprint density at radius 1 is 1.37 bits per heavy atom. The quantitative estimate of drug-likeness (QED) is 0.466. The summed E-state index contributed by atoms with van der Waals surface area (Å²) in [6.45, 7) is 5.51. The Kier molecular flexibility index (Phi) is 3.86. The number of anilines is 1. The maximum absolute atomic E-state index is 11.1. The van der Waals surface area contributed by atoms with Gasteiger partial charge in [0, 0.05) is 25.2 Å². The number of halogens is 1. The van der Waals surface area contributed by atoms with Gasteiger partial charge in [-0.3, -0.25) is 15.0 Å². The molecule has 0 saturated carbocycles. The van der Waals surface area contributed by atoms with Crippen molar-refractivity contribution < 1.29 is 4.92 Å². The summed E-state index contributed by atoms with van der Waals surface area (Å²) in [7, 11) is 2.05. The summed E-state index contributed by atoms with van der Waals surface area (Å²) in [5, 5.41) is 11.0. The average Bonchev–Trinajstić information content (AvgIpc) is 2.34. The molecule has 1 saturated heterocycles. The van der Waals surface area contributed by atoms with Crippen molar-refractivity contribution in [2.75, 3.05) is 25.0 Å². The molecule has 2 atom stereocenters.